The van der Waals surface area contributed by atoms with Crippen LogP contribution in [0.4, 0.5) is 0 Å². The molecule has 0 amide bonds. The standard InChI is InChI=1S/C9H19NO2/c1-11-5-6-12-8-9-3-2-4-10-7-9/h9-10H,2-8H2,1H3/t9-/m1/s1. The first-order valence-electron chi connectivity index (χ1n) is 4.71. The Hall–Kier alpha value is -0.120. The van der Waals surface area contributed by atoms with Crippen LogP contribution in [0, 0.1) is 5.92 Å². The van der Waals surface area contributed by atoms with E-state index in [1.807, 2.05) is 0 Å². The Bertz CT molecular complexity index is 103. The van der Waals surface area contributed by atoms with Crippen LogP contribution in [0.1, 0.15) is 12.8 Å². The fourth-order valence-corrected chi connectivity index (χ4v) is 1.46. The molecule has 0 spiro atoms. The molecule has 1 aliphatic rings. The SMILES string of the molecule is COCCOC[C@@H]1CCCNC1. The lowest BCUT2D eigenvalue weighted by Gasteiger charge is -2.22. The number of hydrogen-bond acceptors (Lipinski definition) is 3. The molecular formula is C9H19NO2. The summed E-state index contributed by atoms with van der Waals surface area (Å²) >= 11 is 0. The third-order valence-electron chi connectivity index (χ3n) is 2.18. The zero-order valence-electron chi connectivity index (χ0n) is 7.84. The molecule has 1 rings (SSSR count). The lowest BCUT2D eigenvalue weighted by molar-refractivity contribution is 0.0465. The van der Waals surface area contributed by atoms with Crippen LogP contribution in [-0.4, -0.2) is 40.0 Å². The summed E-state index contributed by atoms with van der Waals surface area (Å²) in [6, 6.07) is 0. The monoisotopic (exact) mass is 173 g/mol. The molecule has 3 nitrogen and oxygen atoms in total. The van der Waals surface area contributed by atoms with Gasteiger partial charge in [0.1, 0.15) is 0 Å². The van der Waals surface area contributed by atoms with Crippen molar-refractivity contribution in [2.24, 2.45) is 5.92 Å². The number of hydrogen-bond donors (Lipinski definition) is 1. The average molecular weight is 173 g/mol. The lowest BCUT2D eigenvalue weighted by Crippen LogP contribution is -2.32. The second-order valence-corrected chi connectivity index (χ2v) is 3.28. The van der Waals surface area contributed by atoms with Crippen molar-refractivity contribution < 1.29 is 9.47 Å². The molecule has 0 aromatic heterocycles. The summed E-state index contributed by atoms with van der Waals surface area (Å²) in [6.07, 6.45) is 2.60. The molecule has 1 saturated heterocycles. The Kier molecular flexibility index (Phi) is 5.32. The van der Waals surface area contributed by atoms with Crippen LogP contribution in [0.2, 0.25) is 0 Å². The van der Waals surface area contributed by atoms with Gasteiger partial charge in [-0.3, -0.25) is 0 Å². The van der Waals surface area contributed by atoms with Crippen molar-refractivity contribution in [1.82, 2.24) is 5.32 Å². The van der Waals surface area contributed by atoms with Crippen LogP contribution in [0.5, 0.6) is 0 Å². The van der Waals surface area contributed by atoms with Crippen molar-refractivity contribution >= 4 is 0 Å². The first-order chi connectivity index (χ1) is 5.93. The molecule has 1 fully saturated rings. The van der Waals surface area contributed by atoms with Crippen molar-refractivity contribution in [2.45, 2.75) is 12.8 Å². The van der Waals surface area contributed by atoms with Crippen LogP contribution in [0.15, 0.2) is 0 Å². The minimum atomic E-state index is 0.708. The Morgan fingerprint density at radius 2 is 2.33 bits per heavy atom. The maximum Gasteiger partial charge on any atom is 0.0700 e. The first-order valence-corrected chi connectivity index (χ1v) is 4.71. The van der Waals surface area contributed by atoms with Gasteiger partial charge >= 0.3 is 0 Å². The highest BCUT2D eigenvalue weighted by molar-refractivity contribution is 4.67. The van der Waals surface area contributed by atoms with Crippen LogP contribution in [0.3, 0.4) is 0 Å². The lowest BCUT2D eigenvalue weighted by atomic mass is 10.0. The van der Waals surface area contributed by atoms with E-state index in [2.05, 4.69) is 5.32 Å². The Balaban J connectivity index is 1.91. The molecule has 0 aliphatic carbocycles. The highest BCUT2D eigenvalue weighted by atomic mass is 16.5. The number of ether oxygens (including phenoxy) is 2. The maximum absolute atomic E-state index is 5.45. The van der Waals surface area contributed by atoms with Gasteiger partial charge in [-0.2, -0.15) is 0 Å². The fraction of sp³-hybridized carbons (Fsp3) is 1.00. The largest absolute Gasteiger partial charge is 0.382 e. The number of piperidine rings is 1. The fourth-order valence-electron chi connectivity index (χ4n) is 1.46. The van der Waals surface area contributed by atoms with E-state index in [9.17, 15) is 0 Å². The molecule has 12 heavy (non-hydrogen) atoms. The second kappa shape index (κ2) is 6.40. The van der Waals surface area contributed by atoms with Crippen LogP contribution < -0.4 is 5.32 Å². The van der Waals surface area contributed by atoms with Gasteiger partial charge in [0.2, 0.25) is 0 Å². The van der Waals surface area contributed by atoms with E-state index in [0.29, 0.717) is 6.61 Å². The van der Waals surface area contributed by atoms with Gasteiger partial charge in [-0.1, -0.05) is 0 Å². The molecule has 1 heterocycles. The molecule has 0 aromatic rings. The minimum Gasteiger partial charge on any atom is -0.382 e. The van der Waals surface area contributed by atoms with Crippen molar-refractivity contribution in [3.63, 3.8) is 0 Å². The van der Waals surface area contributed by atoms with E-state index in [-0.39, 0.29) is 0 Å². The first kappa shape index (κ1) is 9.96. The van der Waals surface area contributed by atoms with E-state index < -0.39 is 0 Å². The molecular weight excluding hydrogens is 154 g/mol. The van der Waals surface area contributed by atoms with Gasteiger partial charge < -0.3 is 14.8 Å². The second-order valence-electron chi connectivity index (χ2n) is 3.28. The average Bonchev–Trinajstić information content (AvgIpc) is 2.14. The number of methoxy groups -OCH3 is 1. The van der Waals surface area contributed by atoms with Crippen LogP contribution in [0.25, 0.3) is 0 Å². The van der Waals surface area contributed by atoms with Crippen molar-refractivity contribution in [3.05, 3.63) is 0 Å². The summed E-state index contributed by atoms with van der Waals surface area (Å²) in [6.45, 7) is 4.62. The zero-order valence-corrected chi connectivity index (χ0v) is 7.84. The predicted octanol–water partition coefficient (Wildman–Crippen LogP) is 0.649. The van der Waals surface area contributed by atoms with Crippen molar-refractivity contribution in [1.29, 1.82) is 0 Å². The summed E-state index contributed by atoms with van der Waals surface area (Å²) in [7, 11) is 1.70. The minimum absolute atomic E-state index is 0.708. The van der Waals surface area contributed by atoms with E-state index >= 15 is 0 Å². The summed E-state index contributed by atoms with van der Waals surface area (Å²) < 4.78 is 10.3. The maximum atomic E-state index is 5.45. The van der Waals surface area contributed by atoms with Crippen LogP contribution >= 0.6 is 0 Å². The quantitative estimate of drug-likeness (QED) is 0.619. The van der Waals surface area contributed by atoms with Gasteiger partial charge in [0.15, 0.2) is 0 Å². The van der Waals surface area contributed by atoms with Gasteiger partial charge in [-0.05, 0) is 25.3 Å². The highest BCUT2D eigenvalue weighted by Crippen LogP contribution is 2.09. The number of rotatable bonds is 5. The number of nitrogens with one attached hydrogen (secondary N) is 1. The Morgan fingerprint density at radius 3 is 3.00 bits per heavy atom. The van der Waals surface area contributed by atoms with Gasteiger partial charge in [0.05, 0.1) is 19.8 Å². The molecule has 0 aromatic carbocycles. The third kappa shape index (κ3) is 4.04. The normalized spacial score (nSPS) is 24.2. The summed E-state index contributed by atoms with van der Waals surface area (Å²) in [5, 5.41) is 3.36. The molecule has 0 bridgehead atoms. The predicted molar refractivity (Wildman–Crippen MR) is 48.3 cm³/mol. The highest BCUT2D eigenvalue weighted by Gasteiger charge is 2.12. The summed E-state index contributed by atoms with van der Waals surface area (Å²) in [5.74, 6) is 0.718. The van der Waals surface area contributed by atoms with Gasteiger partial charge in [-0.25, -0.2) is 0 Å². The molecule has 1 aliphatic heterocycles. The molecule has 0 radical (unpaired) electrons. The molecule has 3 heteroatoms. The summed E-state index contributed by atoms with van der Waals surface area (Å²) in [5.41, 5.74) is 0. The molecule has 1 N–H and O–H groups in total. The van der Waals surface area contributed by atoms with Crippen LogP contribution in [-0.2, 0) is 9.47 Å². The van der Waals surface area contributed by atoms with E-state index in [1.165, 1.54) is 19.4 Å². The molecule has 72 valence electrons. The van der Waals surface area contributed by atoms with E-state index in [0.717, 1.165) is 25.7 Å². The van der Waals surface area contributed by atoms with Crippen molar-refractivity contribution in [2.75, 3.05) is 40.0 Å². The molecule has 0 unspecified atom stereocenters. The molecule has 0 saturated carbocycles. The van der Waals surface area contributed by atoms with Gasteiger partial charge in [0.25, 0.3) is 0 Å². The van der Waals surface area contributed by atoms with Gasteiger partial charge in [0, 0.05) is 13.7 Å². The Morgan fingerprint density at radius 1 is 1.42 bits per heavy atom. The topological polar surface area (TPSA) is 30.5 Å². The summed E-state index contributed by atoms with van der Waals surface area (Å²) in [4.78, 5) is 0. The Labute approximate surface area is 74.4 Å². The smallest absolute Gasteiger partial charge is 0.0700 e. The van der Waals surface area contributed by atoms with Gasteiger partial charge in [-0.15, -0.1) is 0 Å². The third-order valence-corrected chi connectivity index (χ3v) is 2.18. The van der Waals surface area contributed by atoms with E-state index in [4.69, 9.17) is 9.47 Å². The zero-order chi connectivity index (χ0) is 8.65. The molecule has 1 atom stereocenters. The van der Waals surface area contributed by atoms with E-state index in [1.54, 1.807) is 7.11 Å². The van der Waals surface area contributed by atoms with Crippen molar-refractivity contribution in [3.8, 4) is 0 Å².